The molecule has 0 spiro atoms. The molecule has 2 heterocycles. The van der Waals surface area contributed by atoms with Gasteiger partial charge in [0.15, 0.2) is 0 Å². The number of nitrogens with zero attached hydrogens (tertiary/aromatic N) is 2. The van der Waals surface area contributed by atoms with E-state index < -0.39 is 0 Å². The number of benzene rings is 1. The first-order valence-electron chi connectivity index (χ1n) is 9.83. The van der Waals surface area contributed by atoms with Crippen molar-refractivity contribution in [3.8, 4) is 5.75 Å². The summed E-state index contributed by atoms with van der Waals surface area (Å²) in [5.74, 6) is 0.840. The smallest absolute Gasteiger partial charge is 0.254 e. The Bertz CT molecular complexity index is 748. The molecule has 1 aromatic carbocycles. The average molecular weight is 367 g/mol. The normalized spacial score (nSPS) is 17.0. The van der Waals surface area contributed by atoms with Crippen molar-refractivity contribution in [2.24, 2.45) is 5.73 Å². The lowest BCUT2D eigenvalue weighted by atomic mass is 9.96. The second kappa shape index (κ2) is 9.51. The van der Waals surface area contributed by atoms with Gasteiger partial charge in [0.1, 0.15) is 12.4 Å². The van der Waals surface area contributed by atoms with Crippen LogP contribution in [0.4, 0.5) is 0 Å². The van der Waals surface area contributed by atoms with E-state index in [1.165, 1.54) is 6.42 Å². The zero-order chi connectivity index (χ0) is 19.1. The number of likely N-dealkylation sites (tertiary alicyclic amines) is 1. The van der Waals surface area contributed by atoms with Gasteiger partial charge in [0.05, 0.1) is 0 Å². The first kappa shape index (κ1) is 19.4. The summed E-state index contributed by atoms with van der Waals surface area (Å²) in [6.07, 6.45) is 6.97. The Morgan fingerprint density at radius 1 is 1.30 bits per heavy atom. The van der Waals surface area contributed by atoms with E-state index >= 15 is 0 Å². The average Bonchev–Trinajstić information content (AvgIpc) is 2.72. The molecule has 0 bridgehead atoms. The molecule has 0 radical (unpaired) electrons. The summed E-state index contributed by atoms with van der Waals surface area (Å²) in [5.41, 5.74) is 8.33. The summed E-state index contributed by atoms with van der Waals surface area (Å²) in [4.78, 5) is 19.6. The monoisotopic (exact) mass is 367 g/mol. The lowest BCUT2D eigenvalue weighted by Gasteiger charge is -2.36. The van der Waals surface area contributed by atoms with Crippen LogP contribution in [0.5, 0.6) is 5.75 Å². The highest BCUT2D eigenvalue weighted by atomic mass is 16.5. The van der Waals surface area contributed by atoms with Gasteiger partial charge in [-0.2, -0.15) is 0 Å². The minimum atomic E-state index is 0.0957. The molecule has 1 aliphatic heterocycles. The molecule has 1 aliphatic rings. The number of piperidine rings is 1. The molecule has 1 fully saturated rings. The maximum atomic E-state index is 13.2. The SMILES string of the molecule is Cc1ccc(C(=O)N2CCCC[C@H]2CCc2ccccn2)cc1OCCN. The number of pyridine rings is 1. The van der Waals surface area contributed by atoms with E-state index in [0.717, 1.165) is 49.2 Å². The van der Waals surface area contributed by atoms with Crippen LogP contribution in [0, 0.1) is 6.92 Å². The van der Waals surface area contributed by atoms with E-state index in [1.54, 1.807) is 0 Å². The zero-order valence-electron chi connectivity index (χ0n) is 16.1. The van der Waals surface area contributed by atoms with Crippen molar-refractivity contribution in [2.45, 2.75) is 45.1 Å². The van der Waals surface area contributed by atoms with Gasteiger partial charge in [0, 0.05) is 36.6 Å². The Balaban J connectivity index is 1.71. The molecule has 2 aromatic rings. The molecular formula is C22H29N3O2. The van der Waals surface area contributed by atoms with Crippen molar-refractivity contribution in [1.82, 2.24) is 9.88 Å². The van der Waals surface area contributed by atoms with E-state index in [0.29, 0.717) is 18.7 Å². The molecule has 2 N–H and O–H groups in total. The molecule has 144 valence electrons. The van der Waals surface area contributed by atoms with E-state index in [1.807, 2.05) is 48.4 Å². The van der Waals surface area contributed by atoms with E-state index in [9.17, 15) is 4.79 Å². The van der Waals surface area contributed by atoms with E-state index in [2.05, 4.69) is 11.1 Å². The van der Waals surface area contributed by atoms with Crippen molar-refractivity contribution in [1.29, 1.82) is 0 Å². The van der Waals surface area contributed by atoms with Crippen LogP contribution >= 0.6 is 0 Å². The zero-order valence-corrected chi connectivity index (χ0v) is 16.1. The van der Waals surface area contributed by atoms with Crippen molar-refractivity contribution < 1.29 is 9.53 Å². The molecule has 1 saturated heterocycles. The third-order valence-corrected chi connectivity index (χ3v) is 5.16. The fourth-order valence-corrected chi connectivity index (χ4v) is 3.65. The van der Waals surface area contributed by atoms with Crippen molar-refractivity contribution >= 4 is 5.91 Å². The van der Waals surface area contributed by atoms with Crippen molar-refractivity contribution in [3.05, 3.63) is 59.4 Å². The van der Waals surface area contributed by atoms with Gasteiger partial charge in [-0.25, -0.2) is 0 Å². The Hall–Kier alpha value is -2.40. The van der Waals surface area contributed by atoms with Gasteiger partial charge in [0.2, 0.25) is 0 Å². The molecule has 1 atom stereocenters. The van der Waals surface area contributed by atoms with Crippen molar-refractivity contribution in [2.75, 3.05) is 19.7 Å². The summed E-state index contributed by atoms with van der Waals surface area (Å²) in [6.45, 7) is 3.71. The summed E-state index contributed by atoms with van der Waals surface area (Å²) in [5, 5.41) is 0. The predicted octanol–water partition coefficient (Wildman–Crippen LogP) is 3.36. The highest BCUT2D eigenvalue weighted by Crippen LogP contribution is 2.26. The van der Waals surface area contributed by atoms with Crippen LogP contribution in [0.3, 0.4) is 0 Å². The van der Waals surface area contributed by atoms with Gasteiger partial charge in [-0.05, 0) is 68.9 Å². The molecule has 5 heteroatoms. The summed E-state index contributed by atoms with van der Waals surface area (Å²) in [6, 6.07) is 12.0. The number of hydrogen-bond donors (Lipinski definition) is 1. The van der Waals surface area contributed by atoms with Gasteiger partial charge in [0.25, 0.3) is 5.91 Å². The van der Waals surface area contributed by atoms with Crippen molar-refractivity contribution in [3.63, 3.8) is 0 Å². The van der Waals surface area contributed by atoms with Crippen LogP contribution in [-0.2, 0) is 6.42 Å². The summed E-state index contributed by atoms with van der Waals surface area (Å²) < 4.78 is 5.69. The van der Waals surface area contributed by atoms with Gasteiger partial charge in [-0.15, -0.1) is 0 Å². The molecule has 5 nitrogen and oxygen atoms in total. The fraction of sp³-hybridized carbons (Fsp3) is 0.455. The van der Waals surface area contributed by atoms with Crippen LogP contribution in [0.1, 0.15) is 47.3 Å². The molecule has 1 amide bonds. The Morgan fingerprint density at radius 2 is 2.19 bits per heavy atom. The number of aryl methyl sites for hydroxylation is 2. The van der Waals surface area contributed by atoms with Gasteiger partial charge in [-0.1, -0.05) is 12.1 Å². The molecule has 0 unspecified atom stereocenters. The number of aromatic nitrogens is 1. The summed E-state index contributed by atoms with van der Waals surface area (Å²) >= 11 is 0. The Labute approximate surface area is 161 Å². The Morgan fingerprint density at radius 3 is 2.96 bits per heavy atom. The molecule has 3 rings (SSSR count). The molecule has 0 aliphatic carbocycles. The number of rotatable bonds is 7. The fourth-order valence-electron chi connectivity index (χ4n) is 3.65. The van der Waals surface area contributed by atoms with Gasteiger partial charge < -0.3 is 15.4 Å². The van der Waals surface area contributed by atoms with Crippen LogP contribution in [0.2, 0.25) is 0 Å². The second-order valence-electron chi connectivity index (χ2n) is 7.13. The third kappa shape index (κ3) is 5.07. The molecule has 27 heavy (non-hydrogen) atoms. The number of amides is 1. The molecule has 1 aromatic heterocycles. The number of hydrogen-bond acceptors (Lipinski definition) is 4. The lowest BCUT2D eigenvalue weighted by Crippen LogP contribution is -2.44. The van der Waals surface area contributed by atoms with Crippen LogP contribution < -0.4 is 10.5 Å². The summed E-state index contributed by atoms with van der Waals surface area (Å²) in [7, 11) is 0. The number of ether oxygens (including phenoxy) is 1. The van der Waals surface area contributed by atoms with Crippen LogP contribution in [0.25, 0.3) is 0 Å². The molecular weight excluding hydrogens is 338 g/mol. The van der Waals surface area contributed by atoms with Gasteiger partial charge >= 0.3 is 0 Å². The van der Waals surface area contributed by atoms with E-state index in [-0.39, 0.29) is 11.9 Å². The minimum Gasteiger partial charge on any atom is -0.492 e. The highest BCUT2D eigenvalue weighted by molar-refractivity contribution is 5.95. The first-order chi connectivity index (χ1) is 13.2. The second-order valence-corrected chi connectivity index (χ2v) is 7.13. The van der Waals surface area contributed by atoms with E-state index in [4.69, 9.17) is 10.5 Å². The molecule has 0 saturated carbocycles. The quantitative estimate of drug-likeness (QED) is 0.815. The highest BCUT2D eigenvalue weighted by Gasteiger charge is 2.27. The third-order valence-electron chi connectivity index (χ3n) is 5.16. The van der Waals surface area contributed by atoms with Crippen LogP contribution in [-0.4, -0.2) is 41.5 Å². The maximum Gasteiger partial charge on any atom is 0.254 e. The lowest BCUT2D eigenvalue weighted by molar-refractivity contribution is 0.0601. The number of carbonyl (C=O) groups excluding carboxylic acids is 1. The number of carbonyl (C=O) groups is 1. The Kier molecular flexibility index (Phi) is 6.82. The largest absolute Gasteiger partial charge is 0.492 e. The standard InChI is InChI=1S/C22H29N3O2/c1-17-8-9-18(16-21(17)27-15-12-23)22(26)25-14-5-3-7-20(25)11-10-19-6-2-4-13-24-19/h2,4,6,8-9,13,16,20H,3,5,7,10-12,14-15,23H2,1H3/t20-/m0/s1. The number of nitrogens with two attached hydrogens (primary N) is 1. The minimum absolute atomic E-state index is 0.0957. The predicted molar refractivity (Wildman–Crippen MR) is 107 cm³/mol. The van der Waals surface area contributed by atoms with Gasteiger partial charge in [-0.3, -0.25) is 9.78 Å². The topological polar surface area (TPSA) is 68.5 Å². The first-order valence-corrected chi connectivity index (χ1v) is 9.83. The van der Waals surface area contributed by atoms with Crippen LogP contribution in [0.15, 0.2) is 42.6 Å². The maximum absolute atomic E-state index is 13.2.